The van der Waals surface area contributed by atoms with Crippen molar-refractivity contribution < 1.29 is 0 Å². The lowest BCUT2D eigenvalue weighted by Crippen LogP contribution is -2.08. The van der Waals surface area contributed by atoms with Crippen LogP contribution in [-0.4, -0.2) is 0 Å². The number of benzene rings is 2. The second kappa shape index (κ2) is 5.64. The van der Waals surface area contributed by atoms with Gasteiger partial charge in [0.15, 0.2) is 0 Å². The highest BCUT2D eigenvalue weighted by Gasteiger charge is 2.09. The average molecular weight is 280 g/mol. The number of anilines is 1. The maximum atomic E-state index is 6.15. The van der Waals surface area contributed by atoms with Crippen LogP contribution in [0.25, 0.3) is 0 Å². The van der Waals surface area contributed by atoms with Crippen LogP contribution in [0.4, 0.5) is 5.69 Å². The molecule has 2 rings (SSSR count). The Morgan fingerprint density at radius 1 is 1.06 bits per heavy atom. The number of rotatable bonds is 3. The number of hydrogen-bond acceptors (Lipinski definition) is 1. The summed E-state index contributed by atoms with van der Waals surface area (Å²) < 4.78 is 0. The minimum Gasteiger partial charge on any atom is -0.377 e. The van der Waals surface area contributed by atoms with E-state index in [2.05, 4.69) is 31.3 Å². The highest BCUT2D eigenvalue weighted by molar-refractivity contribution is 6.35. The zero-order valence-corrected chi connectivity index (χ0v) is 11.9. The van der Waals surface area contributed by atoms with Gasteiger partial charge in [-0.3, -0.25) is 0 Å². The minimum atomic E-state index is 0.183. The van der Waals surface area contributed by atoms with Gasteiger partial charge in [-0.05, 0) is 43.2 Å². The van der Waals surface area contributed by atoms with E-state index in [0.29, 0.717) is 10.0 Å². The summed E-state index contributed by atoms with van der Waals surface area (Å²) in [5.74, 6) is 0. The van der Waals surface area contributed by atoms with E-state index < -0.39 is 0 Å². The van der Waals surface area contributed by atoms with Crippen LogP contribution in [0, 0.1) is 6.92 Å². The van der Waals surface area contributed by atoms with Crippen molar-refractivity contribution in [3.63, 3.8) is 0 Å². The molecule has 0 radical (unpaired) electrons. The second-order valence-corrected chi connectivity index (χ2v) is 5.19. The van der Waals surface area contributed by atoms with E-state index in [9.17, 15) is 0 Å². The Kier molecular flexibility index (Phi) is 4.15. The molecule has 1 nitrogen and oxygen atoms in total. The topological polar surface area (TPSA) is 12.0 Å². The predicted molar refractivity (Wildman–Crippen MR) is 79.7 cm³/mol. The molecule has 0 aliphatic heterocycles. The summed E-state index contributed by atoms with van der Waals surface area (Å²) in [6.07, 6.45) is 0. The van der Waals surface area contributed by atoms with Crippen molar-refractivity contribution in [1.82, 2.24) is 0 Å². The van der Waals surface area contributed by atoms with Crippen molar-refractivity contribution in [3.8, 4) is 0 Å². The number of halogens is 2. The van der Waals surface area contributed by atoms with Gasteiger partial charge in [0.05, 0.1) is 10.7 Å². The van der Waals surface area contributed by atoms with Gasteiger partial charge in [0.2, 0.25) is 0 Å². The van der Waals surface area contributed by atoms with Crippen LogP contribution in [0.2, 0.25) is 10.0 Å². The van der Waals surface area contributed by atoms with Gasteiger partial charge in [-0.25, -0.2) is 0 Å². The maximum absolute atomic E-state index is 6.15. The molecule has 18 heavy (non-hydrogen) atoms. The van der Waals surface area contributed by atoms with Crippen LogP contribution in [-0.2, 0) is 0 Å². The van der Waals surface area contributed by atoms with Gasteiger partial charge in [-0.1, -0.05) is 47.5 Å². The van der Waals surface area contributed by atoms with Gasteiger partial charge in [0.25, 0.3) is 0 Å². The minimum absolute atomic E-state index is 0.183. The molecule has 0 amide bonds. The van der Waals surface area contributed by atoms with Gasteiger partial charge in [0.1, 0.15) is 0 Å². The van der Waals surface area contributed by atoms with Gasteiger partial charge < -0.3 is 5.32 Å². The van der Waals surface area contributed by atoms with Crippen molar-refractivity contribution in [2.45, 2.75) is 19.9 Å². The summed E-state index contributed by atoms with van der Waals surface area (Å²) in [4.78, 5) is 0. The summed E-state index contributed by atoms with van der Waals surface area (Å²) in [5, 5.41) is 4.75. The number of nitrogens with one attached hydrogen (secondary N) is 1. The maximum Gasteiger partial charge on any atom is 0.0638 e. The first kappa shape index (κ1) is 13.3. The van der Waals surface area contributed by atoms with E-state index in [1.807, 2.05) is 18.2 Å². The zero-order chi connectivity index (χ0) is 13.1. The molecule has 1 unspecified atom stereocenters. The third-order valence-corrected chi connectivity index (χ3v) is 3.52. The summed E-state index contributed by atoms with van der Waals surface area (Å²) in [6, 6.07) is 13.9. The first-order valence-electron chi connectivity index (χ1n) is 5.85. The highest BCUT2D eigenvalue weighted by Crippen LogP contribution is 2.29. The van der Waals surface area contributed by atoms with Crippen molar-refractivity contribution >= 4 is 28.9 Å². The largest absolute Gasteiger partial charge is 0.377 e. The predicted octanol–water partition coefficient (Wildman–Crippen LogP) is 5.47. The summed E-state index contributed by atoms with van der Waals surface area (Å²) in [7, 11) is 0. The normalized spacial score (nSPS) is 12.2. The van der Waals surface area contributed by atoms with Crippen LogP contribution >= 0.6 is 23.2 Å². The Labute approximate surface area is 118 Å². The van der Waals surface area contributed by atoms with E-state index in [4.69, 9.17) is 23.2 Å². The second-order valence-electron chi connectivity index (χ2n) is 4.35. The lowest BCUT2D eigenvalue weighted by atomic mass is 10.0. The van der Waals surface area contributed by atoms with E-state index in [1.165, 1.54) is 11.1 Å². The lowest BCUT2D eigenvalue weighted by molar-refractivity contribution is 0.874. The standard InChI is InChI=1S/C15H15Cl2N/c1-10-5-3-4-6-13(10)11(2)18-15-9-12(16)7-8-14(15)17/h3-9,11,18H,1-2H3. The van der Waals surface area contributed by atoms with E-state index in [1.54, 1.807) is 12.1 Å². The Bertz CT molecular complexity index is 552. The fourth-order valence-electron chi connectivity index (χ4n) is 1.99. The van der Waals surface area contributed by atoms with E-state index in [0.717, 1.165) is 5.69 Å². The Balaban J connectivity index is 2.24. The molecule has 0 saturated heterocycles. The molecule has 0 bridgehead atoms. The Morgan fingerprint density at radius 2 is 1.78 bits per heavy atom. The van der Waals surface area contributed by atoms with Gasteiger partial charge in [-0.15, -0.1) is 0 Å². The van der Waals surface area contributed by atoms with Crippen molar-refractivity contribution in [2.24, 2.45) is 0 Å². The molecular weight excluding hydrogens is 265 g/mol. The molecule has 2 aromatic rings. The smallest absolute Gasteiger partial charge is 0.0638 e. The average Bonchev–Trinajstić information content (AvgIpc) is 2.34. The van der Waals surface area contributed by atoms with Crippen LogP contribution in [0.3, 0.4) is 0 Å². The molecule has 0 aliphatic carbocycles. The molecule has 0 aromatic heterocycles. The van der Waals surface area contributed by atoms with E-state index in [-0.39, 0.29) is 6.04 Å². The summed E-state index contributed by atoms with van der Waals surface area (Å²) in [6.45, 7) is 4.21. The number of aryl methyl sites for hydroxylation is 1. The third kappa shape index (κ3) is 2.98. The first-order chi connectivity index (χ1) is 8.58. The Hall–Kier alpha value is -1.18. The fourth-order valence-corrected chi connectivity index (χ4v) is 2.34. The molecule has 0 fully saturated rings. The third-order valence-electron chi connectivity index (χ3n) is 2.96. The lowest BCUT2D eigenvalue weighted by Gasteiger charge is -2.18. The summed E-state index contributed by atoms with van der Waals surface area (Å²) in [5.41, 5.74) is 3.38. The molecule has 3 heteroatoms. The van der Waals surface area contributed by atoms with Crippen molar-refractivity contribution in [2.75, 3.05) is 5.32 Å². The molecule has 0 saturated carbocycles. The molecule has 1 atom stereocenters. The van der Waals surface area contributed by atoms with Gasteiger partial charge in [-0.2, -0.15) is 0 Å². The molecule has 2 aromatic carbocycles. The van der Waals surface area contributed by atoms with Gasteiger partial charge >= 0.3 is 0 Å². The fraction of sp³-hybridized carbons (Fsp3) is 0.200. The first-order valence-corrected chi connectivity index (χ1v) is 6.60. The highest BCUT2D eigenvalue weighted by atomic mass is 35.5. The van der Waals surface area contributed by atoms with Crippen LogP contribution in [0.15, 0.2) is 42.5 Å². The van der Waals surface area contributed by atoms with Crippen molar-refractivity contribution in [3.05, 3.63) is 63.6 Å². The van der Waals surface area contributed by atoms with Gasteiger partial charge in [0, 0.05) is 11.1 Å². The molecule has 1 N–H and O–H groups in total. The number of hydrogen-bond donors (Lipinski definition) is 1. The SMILES string of the molecule is Cc1ccccc1C(C)Nc1cc(Cl)ccc1Cl. The molecule has 0 spiro atoms. The summed E-state index contributed by atoms with van der Waals surface area (Å²) >= 11 is 12.1. The monoisotopic (exact) mass is 279 g/mol. The quantitative estimate of drug-likeness (QED) is 0.785. The van der Waals surface area contributed by atoms with Crippen LogP contribution in [0.1, 0.15) is 24.1 Å². The zero-order valence-electron chi connectivity index (χ0n) is 10.4. The van der Waals surface area contributed by atoms with E-state index >= 15 is 0 Å². The van der Waals surface area contributed by atoms with Crippen LogP contribution in [0.5, 0.6) is 0 Å². The molecule has 0 aliphatic rings. The molecule has 94 valence electrons. The molecular formula is C15H15Cl2N. The molecule has 0 heterocycles. The van der Waals surface area contributed by atoms with Crippen molar-refractivity contribution in [1.29, 1.82) is 0 Å². The Morgan fingerprint density at radius 3 is 2.50 bits per heavy atom. The van der Waals surface area contributed by atoms with Crippen LogP contribution < -0.4 is 5.32 Å².